The van der Waals surface area contributed by atoms with E-state index in [1.807, 2.05) is 0 Å². The smallest absolute Gasteiger partial charge is 0.292 e. The Labute approximate surface area is 104 Å². The third-order valence-electron chi connectivity index (χ3n) is 3.24. The maximum absolute atomic E-state index is 12.2. The Morgan fingerprint density at radius 2 is 2.06 bits per heavy atom. The van der Waals surface area contributed by atoms with Crippen molar-refractivity contribution in [3.8, 4) is 0 Å². The van der Waals surface area contributed by atoms with E-state index in [1.54, 1.807) is 24.3 Å². The van der Waals surface area contributed by atoms with Crippen LogP contribution in [0.1, 0.15) is 6.42 Å². The van der Waals surface area contributed by atoms with Crippen molar-refractivity contribution in [2.75, 3.05) is 18.0 Å². The van der Waals surface area contributed by atoms with Gasteiger partial charge in [0, 0.05) is 5.02 Å². The van der Waals surface area contributed by atoms with Gasteiger partial charge in [-0.1, -0.05) is 17.7 Å². The van der Waals surface area contributed by atoms with E-state index < -0.39 is 0 Å². The average molecular weight is 252 g/mol. The van der Waals surface area contributed by atoms with Gasteiger partial charge in [-0.05, 0) is 18.2 Å². The Hall–Kier alpha value is -1.39. The van der Waals surface area contributed by atoms with Gasteiger partial charge in [-0.3, -0.25) is 9.59 Å². The quantitative estimate of drug-likeness (QED) is 0.588. The first-order valence-electron chi connectivity index (χ1n) is 5.64. The van der Waals surface area contributed by atoms with Crippen LogP contribution in [0.3, 0.4) is 0 Å². The molecule has 0 aromatic heterocycles. The first kappa shape index (κ1) is 10.7. The van der Waals surface area contributed by atoms with Gasteiger partial charge in [0.1, 0.15) is 13.1 Å². The van der Waals surface area contributed by atoms with E-state index in [9.17, 15) is 9.59 Å². The van der Waals surface area contributed by atoms with Crippen LogP contribution in [0.5, 0.6) is 0 Å². The van der Waals surface area contributed by atoms with Crippen LogP contribution < -0.4 is 9.80 Å². The highest BCUT2D eigenvalue weighted by Gasteiger charge is 2.49. The molecule has 4 nitrogen and oxygen atoms in total. The van der Waals surface area contributed by atoms with Gasteiger partial charge in [0.2, 0.25) is 5.91 Å². The van der Waals surface area contributed by atoms with Crippen LogP contribution in [0, 0.1) is 0 Å². The highest BCUT2D eigenvalue weighted by atomic mass is 35.5. The van der Waals surface area contributed by atoms with Crippen LogP contribution in [0.15, 0.2) is 24.3 Å². The minimum atomic E-state index is -0.179. The Morgan fingerprint density at radius 1 is 1.29 bits per heavy atom. The summed E-state index contributed by atoms with van der Waals surface area (Å²) in [5, 5.41) is 0.533. The lowest BCUT2D eigenvalue weighted by Crippen LogP contribution is -2.98. The molecule has 17 heavy (non-hydrogen) atoms. The van der Waals surface area contributed by atoms with Crippen molar-refractivity contribution in [3.63, 3.8) is 0 Å². The Balaban J connectivity index is 1.92. The molecule has 2 aliphatic heterocycles. The molecule has 2 amide bonds. The third kappa shape index (κ3) is 1.83. The molecule has 2 fully saturated rings. The molecule has 0 unspecified atom stereocenters. The van der Waals surface area contributed by atoms with Crippen LogP contribution in [0.4, 0.5) is 5.69 Å². The predicted molar refractivity (Wildman–Crippen MR) is 63.0 cm³/mol. The number of quaternary nitrogens is 1. The van der Waals surface area contributed by atoms with E-state index in [0.717, 1.165) is 13.1 Å². The second kappa shape index (κ2) is 3.82. The molecule has 0 radical (unpaired) electrons. The van der Waals surface area contributed by atoms with Crippen molar-refractivity contribution in [2.45, 2.75) is 12.5 Å². The van der Waals surface area contributed by atoms with Gasteiger partial charge in [0.15, 0.2) is 6.04 Å². The van der Waals surface area contributed by atoms with Crippen LogP contribution in [-0.2, 0) is 9.59 Å². The number of benzene rings is 1. The van der Waals surface area contributed by atoms with E-state index in [0.29, 0.717) is 17.1 Å². The lowest BCUT2D eigenvalue weighted by atomic mass is 10.2. The molecule has 2 aliphatic rings. The highest BCUT2D eigenvalue weighted by Crippen LogP contribution is 2.24. The first-order chi connectivity index (χ1) is 8.16. The fourth-order valence-corrected chi connectivity index (χ4v) is 2.44. The number of imide groups is 1. The zero-order valence-corrected chi connectivity index (χ0v) is 9.91. The number of nitrogens with zero attached hydrogens (tertiary/aromatic N) is 1. The SMILES string of the molecule is O=C1C[C@@H]([NH+]2CC2)C(=O)N1c1cccc(Cl)c1. The molecule has 3 rings (SSSR count). The summed E-state index contributed by atoms with van der Waals surface area (Å²) in [4.78, 5) is 26.5. The molecule has 88 valence electrons. The molecular weight excluding hydrogens is 240 g/mol. The molecule has 1 atom stereocenters. The maximum Gasteiger partial charge on any atom is 0.292 e. The van der Waals surface area contributed by atoms with Gasteiger partial charge in [-0.2, -0.15) is 0 Å². The molecule has 0 aliphatic carbocycles. The standard InChI is InChI=1S/C12H11ClN2O2/c13-8-2-1-3-9(6-8)15-11(16)7-10(12(15)17)14-4-5-14/h1-3,6,10H,4-5,7H2/p+1/t10-/m1/s1. The first-order valence-corrected chi connectivity index (χ1v) is 6.01. The van der Waals surface area contributed by atoms with Gasteiger partial charge < -0.3 is 4.90 Å². The number of rotatable bonds is 2. The molecule has 0 bridgehead atoms. The van der Waals surface area contributed by atoms with Crippen molar-refractivity contribution < 1.29 is 14.5 Å². The van der Waals surface area contributed by atoms with E-state index >= 15 is 0 Å². The lowest BCUT2D eigenvalue weighted by Gasteiger charge is -2.14. The zero-order valence-electron chi connectivity index (χ0n) is 9.15. The molecule has 1 N–H and O–H groups in total. The Bertz CT molecular complexity index is 499. The second-order valence-electron chi connectivity index (χ2n) is 4.46. The monoisotopic (exact) mass is 251 g/mol. The summed E-state index contributed by atoms with van der Waals surface area (Å²) in [6, 6.07) is 6.68. The summed E-state index contributed by atoms with van der Waals surface area (Å²) < 4.78 is 0. The largest absolute Gasteiger partial charge is 0.315 e. The van der Waals surface area contributed by atoms with Gasteiger partial charge in [0.05, 0.1) is 12.1 Å². The molecular formula is C12H12ClN2O2+. The normalized spacial score (nSPS) is 24.5. The van der Waals surface area contributed by atoms with Crippen LogP contribution in [-0.4, -0.2) is 30.9 Å². The fraction of sp³-hybridized carbons (Fsp3) is 0.333. The van der Waals surface area contributed by atoms with Crippen molar-refractivity contribution in [2.24, 2.45) is 0 Å². The molecule has 0 spiro atoms. The molecule has 2 heterocycles. The van der Waals surface area contributed by atoms with Crippen molar-refractivity contribution in [1.29, 1.82) is 0 Å². The zero-order chi connectivity index (χ0) is 12.0. The number of anilines is 1. The molecule has 1 aromatic carbocycles. The van der Waals surface area contributed by atoms with Gasteiger partial charge in [0.25, 0.3) is 5.91 Å². The number of carbonyl (C=O) groups excluding carboxylic acids is 2. The van der Waals surface area contributed by atoms with Crippen molar-refractivity contribution in [1.82, 2.24) is 0 Å². The average Bonchev–Trinajstić information content (AvgIpc) is 3.06. The minimum Gasteiger partial charge on any atom is -0.315 e. The summed E-state index contributed by atoms with van der Waals surface area (Å²) >= 11 is 5.88. The summed E-state index contributed by atoms with van der Waals surface area (Å²) in [5.74, 6) is -0.216. The minimum absolute atomic E-state index is 0.0928. The summed E-state index contributed by atoms with van der Waals surface area (Å²) in [7, 11) is 0. The molecule has 0 saturated carbocycles. The summed E-state index contributed by atoms with van der Waals surface area (Å²) in [6.07, 6.45) is 0.320. The van der Waals surface area contributed by atoms with Crippen LogP contribution >= 0.6 is 11.6 Å². The van der Waals surface area contributed by atoms with E-state index in [4.69, 9.17) is 11.6 Å². The number of carbonyl (C=O) groups is 2. The number of nitrogens with one attached hydrogen (secondary N) is 1. The topological polar surface area (TPSA) is 41.8 Å². The number of halogens is 1. The highest BCUT2D eigenvalue weighted by molar-refractivity contribution is 6.31. The molecule has 1 aromatic rings. The Kier molecular flexibility index (Phi) is 2.42. The number of hydrogen-bond acceptors (Lipinski definition) is 2. The van der Waals surface area contributed by atoms with E-state index in [-0.39, 0.29) is 17.9 Å². The van der Waals surface area contributed by atoms with E-state index in [1.165, 1.54) is 9.80 Å². The van der Waals surface area contributed by atoms with Crippen LogP contribution in [0.25, 0.3) is 0 Å². The predicted octanol–water partition coefficient (Wildman–Crippen LogP) is -0.130. The van der Waals surface area contributed by atoms with Crippen molar-refractivity contribution in [3.05, 3.63) is 29.3 Å². The van der Waals surface area contributed by atoms with Crippen LogP contribution in [0.2, 0.25) is 5.02 Å². The van der Waals surface area contributed by atoms with Crippen molar-refractivity contribution >= 4 is 29.1 Å². The Morgan fingerprint density at radius 3 is 2.71 bits per heavy atom. The fourth-order valence-electron chi connectivity index (χ4n) is 2.26. The third-order valence-corrected chi connectivity index (χ3v) is 3.48. The maximum atomic E-state index is 12.2. The number of amides is 2. The molecule has 2 saturated heterocycles. The summed E-state index contributed by atoms with van der Waals surface area (Å²) in [5.41, 5.74) is 0.580. The number of hydrogen-bond donors (Lipinski definition) is 1. The van der Waals surface area contributed by atoms with E-state index in [2.05, 4.69) is 0 Å². The molecule has 5 heteroatoms. The van der Waals surface area contributed by atoms with Gasteiger partial charge in [-0.15, -0.1) is 0 Å². The lowest BCUT2D eigenvalue weighted by molar-refractivity contribution is -0.776. The second-order valence-corrected chi connectivity index (χ2v) is 4.90. The van der Waals surface area contributed by atoms with Gasteiger partial charge >= 0.3 is 0 Å². The summed E-state index contributed by atoms with van der Waals surface area (Å²) in [6.45, 7) is 1.99. The van der Waals surface area contributed by atoms with Gasteiger partial charge in [-0.25, -0.2) is 4.90 Å².